The van der Waals surface area contributed by atoms with E-state index in [4.69, 9.17) is 24.2 Å². The highest BCUT2D eigenvalue weighted by Gasteiger charge is 2.23. The molecular weight excluding hydrogens is 582 g/mol. The monoisotopic (exact) mass is 621 g/mol. The van der Waals surface area contributed by atoms with Crippen LogP contribution in [0, 0.1) is 11.3 Å². The van der Waals surface area contributed by atoms with E-state index in [9.17, 15) is 5.26 Å². The van der Waals surface area contributed by atoms with Crippen LogP contribution in [0.3, 0.4) is 0 Å². The van der Waals surface area contributed by atoms with Crippen molar-refractivity contribution in [2.24, 2.45) is 10.2 Å². The molecule has 4 rings (SSSR count). The summed E-state index contributed by atoms with van der Waals surface area (Å²) >= 11 is 1.47. The summed E-state index contributed by atoms with van der Waals surface area (Å²) in [6, 6.07) is 9.90. The van der Waals surface area contributed by atoms with Crippen molar-refractivity contribution < 1.29 is 14.2 Å². The molecule has 0 spiro atoms. The third kappa shape index (κ3) is 8.03. The van der Waals surface area contributed by atoms with Gasteiger partial charge < -0.3 is 29.7 Å². The molecule has 0 aliphatic heterocycles. The van der Waals surface area contributed by atoms with Crippen molar-refractivity contribution >= 4 is 50.6 Å². The number of aromatic nitrogens is 5. The molecule has 0 radical (unpaired) electrons. The summed E-state index contributed by atoms with van der Waals surface area (Å²) in [5, 5.41) is 30.8. The molecule has 14 nitrogen and oxygen atoms in total. The van der Waals surface area contributed by atoms with Crippen LogP contribution in [0.5, 0.6) is 0 Å². The average molecular weight is 622 g/mol. The van der Waals surface area contributed by atoms with Crippen LogP contribution < -0.4 is 15.5 Å². The lowest BCUT2D eigenvalue weighted by Crippen LogP contribution is -2.37. The number of hydrogen-bond acceptors (Lipinski definition) is 14. The largest absolute Gasteiger partial charge is 0.385 e. The first-order chi connectivity index (χ1) is 21.4. The average Bonchev–Trinajstić information content (AvgIpc) is 3.63. The smallest absolute Gasteiger partial charge is 0.229 e. The van der Waals surface area contributed by atoms with Gasteiger partial charge in [-0.2, -0.15) is 15.2 Å². The fourth-order valence-corrected chi connectivity index (χ4v) is 5.38. The Morgan fingerprint density at radius 2 is 1.82 bits per heavy atom. The van der Waals surface area contributed by atoms with E-state index in [2.05, 4.69) is 48.8 Å². The molecule has 0 saturated heterocycles. The molecule has 44 heavy (non-hydrogen) atoms. The second-order valence-corrected chi connectivity index (χ2v) is 11.0. The maximum absolute atomic E-state index is 9.88. The van der Waals surface area contributed by atoms with Gasteiger partial charge in [-0.25, -0.2) is 9.67 Å². The minimum absolute atomic E-state index is 0.0210. The predicted molar refractivity (Wildman–Crippen MR) is 172 cm³/mol. The van der Waals surface area contributed by atoms with Crippen LogP contribution in [0.15, 0.2) is 40.7 Å². The first-order valence-electron chi connectivity index (χ1n) is 14.4. The minimum Gasteiger partial charge on any atom is -0.385 e. The molecule has 0 aliphatic carbocycles. The van der Waals surface area contributed by atoms with E-state index >= 15 is 0 Å². The van der Waals surface area contributed by atoms with Crippen molar-refractivity contribution in [1.82, 2.24) is 24.7 Å². The number of hydrogen-bond donors (Lipinski definition) is 2. The summed E-state index contributed by atoms with van der Waals surface area (Å²) in [7, 11) is 4.98. The number of nitrogens with zero attached hydrogens (tertiary/aromatic N) is 9. The van der Waals surface area contributed by atoms with Crippen LogP contribution in [0.2, 0.25) is 0 Å². The minimum atomic E-state index is -0.0996. The maximum Gasteiger partial charge on any atom is 0.229 e. The van der Waals surface area contributed by atoms with E-state index < -0.39 is 0 Å². The van der Waals surface area contributed by atoms with Crippen molar-refractivity contribution in [1.29, 1.82) is 5.26 Å². The number of ether oxygens (including phenoxy) is 3. The molecule has 0 saturated carbocycles. The lowest BCUT2D eigenvalue weighted by Gasteiger charge is -2.29. The molecule has 234 valence electrons. The molecule has 0 fully saturated rings. The number of nitrogens with one attached hydrogen (secondary N) is 2. The Labute approximate surface area is 261 Å². The van der Waals surface area contributed by atoms with Crippen molar-refractivity contribution in [2.75, 3.05) is 69.8 Å². The Bertz CT molecular complexity index is 1550. The van der Waals surface area contributed by atoms with Crippen LogP contribution in [0.1, 0.15) is 32.8 Å². The zero-order valence-corrected chi connectivity index (χ0v) is 26.8. The zero-order chi connectivity index (χ0) is 31.5. The highest BCUT2D eigenvalue weighted by molar-refractivity contribution is 7.20. The lowest BCUT2D eigenvalue weighted by atomic mass is 10.3. The Kier molecular flexibility index (Phi) is 11.9. The SMILES string of the molecule is CCN(c1nc(NCCCOC)c(N=Nc2nn(-c3nc4ccccc4s3)cc2C#N)c(NC(C)COC)n1)C(C)COC. The third-order valence-corrected chi connectivity index (χ3v) is 7.59. The van der Waals surface area contributed by atoms with E-state index in [-0.39, 0.29) is 23.5 Å². The van der Waals surface area contributed by atoms with Gasteiger partial charge in [0.1, 0.15) is 11.6 Å². The Hall–Kier alpha value is -4.23. The number of azo groups is 1. The van der Waals surface area contributed by atoms with Gasteiger partial charge >= 0.3 is 0 Å². The van der Waals surface area contributed by atoms with E-state index in [1.807, 2.05) is 38.1 Å². The Morgan fingerprint density at radius 1 is 1.05 bits per heavy atom. The van der Waals surface area contributed by atoms with Gasteiger partial charge in [0.05, 0.1) is 35.7 Å². The predicted octanol–water partition coefficient (Wildman–Crippen LogP) is 5.32. The zero-order valence-electron chi connectivity index (χ0n) is 25.9. The molecule has 3 aromatic heterocycles. The fraction of sp³-hybridized carbons (Fsp3) is 0.483. The molecule has 0 amide bonds. The number of benzene rings is 1. The standard InChI is InChI=1S/C29H39N11O3S/c1-7-39(20(3)18-43-6)28-34-26(31-13-10-14-41-4)24(27(35-28)32-19(2)17-42-5)36-37-25-21(15-30)16-40(38-25)29-33-22-11-8-9-12-23(22)44-29/h8-9,11-12,16,19-20H,7,10,13-14,17-18H2,1-6H3,(H2,31,32,34,35). The summed E-state index contributed by atoms with van der Waals surface area (Å²) in [6.45, 7) is 8.85. The summed E-state index contributed by atoms with van der Waals surface area (Å²) in [5.41, 5.74) is 1.49. The van der Waals surface area contributed by atoms with E-state index in [0.29, 0.717) is 61.3 Å². The van der Waals surface area contributed by atoms with Gasteiger partial charge in [0.2, 0.25) is 16.9 Å². The highest BCUT2D eigenvalue weighted by atomic mass is 32.1. The van der Waals surface area contributed by atoms with Crippen molar-refractivity contribution in [3.8, 4) is 11.2 Å². The number of likely N-dealkylation sites (N-methyl/N-ethyl adjacent to an activating group) is 1. The van der Waals surface area contributed by atoms with Gasteiger partial charge in [-0.1, -0.05) is 23.5 Å². The first kappa shape index (κ1) is 32.7. The number of thiazole rings is 1. The van der Waals surface area contributed by atoms with E-state index in [1.54, 1.807) is 32.2 Å². The molecule has 3 heterocycles. The molecular formula is C29H39N11O3S. The molecule has 0 aliphatic rings. The van der Waals surface area contributed by atoms with Gasteiger partial charge in [-0.15, -0.1) is 15.3 Å². The molecule has 2 unspecified atom stereocenters. The summed E-state index contributed by atoms with van der Waals surface area (Å²) in [6.07, 6.45) is 2.35. The van der Waals surface area contributed by atoms with Gasteiger partial charge in [-0.05, 0) is 39.3 Å². The van der Waals surface area contributed by atoms with Gasteiger partial charge in [0.15, 0.2) is 17.3 Å². The summed E-state index contributed by atoms with van der Waals surface area (Å²) in [5.74, 6) is 1.61. The van der Waals surface area contributed by atoms with Crippen molar-refractivity contribution in [2.45, 2.75) is 39.3 Å². The molecule has 2 atom stereocenters. The van der Waals surface area contributed by atoms with Gasteiger partial charge in [0, 0.05) is 47.1 Å². The van der Waals surface area contributed by atoms with Crippen LogP contribution in [-0.2, 0) is 14.2 Å². The molecule has 2 N–H and O–H groups in total. The van der Waals surface area contributed by atoms with Crippen molar-refractivity contribution in [3.63, 3.8) is 0 Å². The molecule has 4 aromatic rings. The molecule has 0 bridgehead atoms. The topological polar surface area (TPSA) is 160 Å². The normalized spacial score (nSPS) is 12.8. The molecule has 15 heteroatoms. The Morgan fingerprint density at radius 3 is 2.52 bits per heavy atom. The summed E-state index contributed by atoms with van der Waals surface area (Å²) in [4.78, 5) is 16.5. The number of rotatable bonds is 17. The van der Waals surface area contributed by atoms with Crippen LogP contribution >= 0.6 is 11.3 Å². The molecule has 1 aromatic carbocycles. The fourth-order valence-electron chi connectivity index (χ4n) is 4.49. The number of nitriles is 1. The lowest BCUT2D eigenvalue weighted by molar-refractivity contribution is 0.181. The van der Waals surface area contributed by atoms with Crippen LogP contribution in [0.25, 0.3) is 15.3 Å². The van der Waals surface area contributed by atoms with E-state index in [0.717, 1.165) is 16.6 Å². The van der Waals surface area contributed by atoms with Crippen LogP contribution in [-0.4, -0.2) is 91.1 Å². The number of methoxy groups -OCH3 is 3. The number of anilines is 3. The highest BCUT2D eigenvalue weighted by Crippen LogP contribution is 2.36. The second-order valence-electron chi connectivity index (χ2n) is 10.0. The summed E-state index contributed by atoms with van der Waals surface area (Å²) < 4.78 is 18.6. The van der Waals surface area contributed by atoms with Crippen molar-refractivity contribution in [3.05, 3.63) is 36.0 Å². The van der Waals surface area contributed by atoms with Gasteiger partial charge in [-0.3, -0.25) is 0 Å². The third-order valence-electron chi connectivity index (χ3n) is 6.57. The maximum atomic E-state index is 9.88. The first-order valence-corrected chi connectivity index (χ1v) is 15.2. The van der Waals surface area contributed by atoms with Gasteiger partial charge in [0.25, 0.3) is 0 Å². The van der Waals surface area contributed by atoms with E-state index in [1.165, 1.54) is 11.3 Å². The number of fused-ring (bicyclic) bond motifs is 1. The Balaban J connectivity index is 1.78. The number of para-hydroxylation sites is 1. The van der Waals surface area contributed by atoms with Crippen LogP contribution in [0.4, 0.5) is 29.1 Å². The quantitative estimate of drug-likeness (QED) is 0.116. The second kappa shape index (κ2) is 16.0.